The van der Waals surface area contributed by atoms with E-state index in [0.717, 1.165) is 30.2 Å². The van der Waals surface area contributed by atoms with Crippen LogP contribution in [0, 0.1) is 0 Å². The van der Waals surface area contributed by atoms with Crippen LogP contribution < -0.4 is 5.73 Å². The van der Waals surface area contributed by atoms with Crippen molar-refractivity contribution < 1.29 is 0 Å². The van der Waals surface area contributed by atoms with Gasteiger partial charge in [0.15, 0.2) is 0 Å². The molecule has 0 fully saturated rings. The van der Waals surface area contributed by atoms with Crippen molar-refractivity contribution in [3.8, 4) is 10.6 Å². The first-order valence-electron chi connectivity index (χ1n) is 7.65. The van der Waals surface area contributed by atoms with Crippen LogP contribution >= 0.6 is 11.3 Å². The zero-order chi connectivity index (χ0) is 15.1. The number of nitrogens with two attached hydrogens (primary N) is 1. The highest BCUT2D eigenvalue weighted by Crippen LogP contribution is 2.24. The Hall–Kier alpha value is -1.23. The number of unbranched alkanes of at least 4 members (excludes halogenated alkanes) is 1. The van der Waals surface area contributed by atoms with Crippen molar-refractivity contribution in [3.63, 3.8) is 0 Å². The number of rotatable bonds is 8. The second-order valence-corrected chi connectivity index (χ2v) is 6.33. The van der Waals surface area contributed by atoms with Crippen LogP contribution in [-0.4, -0.2) is 30.0 Å². The van der Waals surface area contributed by atoms with Crippen molar-refractivity contribution in [2.45, 2.75) is 32.7 Å². The molecule has 0 bridgehead atoms. The Kier molecular flexibility index (Phi) is 6.36. The van der Waals surface area contributed by atoms with Gasteiger partial charge in [-0.3, -0.25) is 0 Å². The number of aromatic nitrogens is 1. The molecule has 0 saturated heterocycles. The molecule has 2 rings (SSSR count). The standard InChI is InChI=1S/C17H25N3S/c1-3-4-11-20(2)12-14-5-7-15(8-6-14)17-19-16(9-10-18)13-21-17/h5-8,13H,3-4,9-12,18H2,1-2H3. The molecule has 2 N–H and O–H groups in total. The predicted molar refractivity (Wildman–Crippen MR) is 91.6 cm³/mol. The molecule has 0 spiro atoms. The lowest BCUT2D eigenvalue weighted by Crippen LogP contribution is -2.18. The fraction of sp³-hybridized carbons (Fsp3) is 0.471. The Morgan fingerprint density at radius 2 is 2.00 bits per heavy atom. The Morgan fingerprint density at radius 3 is 2.67 bits per heavy atom. The molecule has 114 valence electrons. The molecule has 21 heavy (non-hydrogen) atoms. The summed E-state index contributed by atoms with van der Waals surface area (Å²) in [4.78, 5) is 7.01. The summed E-state index contributed by atoms with van der Waals surface area (Å²) < 4.78 is 0. The molecule has 0 saturated carbocycles. The Bertz CT molecular complexity index is 533. The molecular weight excluding hydrogens is 278 g/mol. The third-order valence-corrected chi connectivity index (χ3v) is 4.44. The van der Waals surface area contributed by atoms with Crippen molar-refractivity contribution in [3.05, 3.63) is 40.9 Å². The van der Waals surface area contributed by atoms with Gasteiger partial charge in [0, 0.05) is 23.9 Å². The van der Waals surface area contributed by atoms with E-state index in [-0.39, 0.29) is 0 Å². The van der Waals surface area contributed by atoms with Crippen LogP contribution in [0.3, 0.4) is 0 Å². The topological polar surface area (TPSA) is 42.2 Å². The van der Waals surface area contributed by atoms with Crippen molar-refractivity contribution in [1.82, 2.24) is 9.88 Å². The smallest absolute Gasteiger partial charge is 0.123 e. The monoisotopic (exact) mass is 303 g/mol. The first-order chi connectivity index (χ1) is 10.2. The Labute approximate surface area is 131 Å². The maximum atomic E-state index is 5.57. The third kappa shape index (κ3) is 4.92. The molecule has 1 aromatic heterocycles. The van der Waals surface area contributed by atoms with Gasteiger partial charge in [-0.15, -0.1) is 11.3 Å². The largest absolute Gasteiger partial charge is 0.330 e. The summed E-state index contributed by atoms with van der Waals surface area (Å²) in [5, 5.41) is 3.19. The molecule has 0 aliphatic heterocycles. The Balaban J connectivity index is 1.97. The zero-order valence-electron chi connectivity index (χ0n) is 13.0. The summed E-state index contributed by atoms with van der Waals surface area (Å²) in [6.07, 6.45) is 3.37. The SMILES string of the molecule is CCCCN(C)Cc1ccc(-c2nc(CCN)cs2)cc1. The van der Waals surface area contributed by atoms with E-state index in [2.05, 4.69) is 53.5 Å². The van der Waals surface area contributed by atoms with Gasteiger partial charge in [0.05, 0.1) is 5.69 Å². The number of hydrogen-bond donors (Lipinski definition) is 1. The minimum absolute atomic E-state index is 0.659. The summed E-state index contributed by atoms with van der Waals surface area (Å²) in [5.74, 6) is 0. The van der Waals surface area contributed by atoms with E-state index < -0.39 is 0 Å². The number of benzene rings is 1. The zero-order valence-corrected chi connectivity index (χ0v) is 13.8. The van der Waals surface area contributed by atoms with Crippen molar-refractivity contribution in [1.29, 1.82) is 0 Å². The maximum Gasteiger partial charge on any atom is 0.123 e. The van der Waals surface area contributed by atoms with E-state index in [4.69, 9.17) is 5.73 Å². The summed E-state index contributed by atoms with van der Waals surface area (Å²) in [6, 6.07) is 8.77. The van der Waals surface area contributed by atoms with E-state index in [1.54, 1.807) is 11.3 Å². The van der Waals surface area contributed by atoms with Crippen LogP contribution in [0.5, 0.6) is 0 Å². The molecule has 0 radical (unpaired) electrons. The van der Waals surface area contributed by atoms with Gasteiger partial charge in [-0.1, -0.05) is 37.6 Å². The molecule has 0 aliphatic carbocycles. The van der Waals surface area contributed by atoms with Crippen molar-refractivity contribution >= 4 is 11.3 Å². The van der Waals surface area contributed by atoms with Crippen LogP contribution in [0.25, 0.3) is 10.6 Å². The fourth-order valence-electron chi connectivity index (χ4n) is 2.27. The minimum Gasteiger partial charge on any atom is -0.330 e. The molecule has 0 atom stereocenters. The second kappa shape index (κ2) is 8.27. The lowest BCUT2D eigenvalue weighted by Gasteiger charge is -2.16. The van der Waals surface area contributed by atoms with Crippen LogP contribution in [0.4, 0.5) is 0 Å². The van der Waals surface area contributed by atoms with Gasteiger partial charge in [-0.25, -0.2) is 4.98 Å². The van der Waals surface area contributed by atoms with E-state index in [0.29, 0.717) is 6.54 Å². The normalized spacial score (nSPS) is 11.2. The maximum absolute atomic E-state index is 5.57. The van der Waals surface area contributed by atoms with Gasteiger partial charge in [-0.2, -0.15) is 0 Å². The summed E-state index contributed by atoms with van der Waals surface area (Å²) in [5.41, 5.74) is 9.22. The van der Waals surface area contributed by atoms with Gasteiger partial charge in [0.25, 0.3) is 0 Å². The van der Waals surface area contributed by atoms with Crippen LogP contribution in [0.1, 0.15) is 31.0 Å². The lowest BCUT2D eigenvalue weighted by atomic mass is 10.1. The lowest BCUT2D eigenvalue weighted by molar-refractivity contribution is 0.321. The molecule has 0 unspecified atom stereocenters. The molecule has 0 amide bonds. The highest BCUT2D eigenvalue weighted by molar-refractivity contribution is 7.13. The van der Waals surface area contributed by atoms with Crippen molar-refractivity contribution in [2.24, 2.45) is 5.73 Å². The summed E-state index contributed by atoms with van der Waals surface area (Å²) in [7, 11) is 2.18. The average Bonchev–Trinajstić information content (AvgIpc) is 2.95. The van der Waals surface area contributed by atoms with E-state index >= 15 is 0 Å². The molecule has 4 heteroatoms. The van der Waals surface area contributed by atoms with E-state index in [1.807, 2.05) is 0 Å². The molecule has 2 aromatic rings. The van der Waals surface area contributed by atoms with Gasteiger partial charge in [0.1, 0.15) is 5.01 Å². The Morgan fingerprint density at radius 1 is 1.24 bits per heavy atom. The molecule has 3 nitrogen and oxygen atoms in total. The number of hydrogen-bond acceptors (Lipinski definition) is 4. The molecular formula is C17H25N3S. The quantitative estimate of drug-likeness (QED) is 0.811. The van der Waals surface area contributed by atoms with Crippen LogP contribution in [0.2, 0.25) is 0 Å². The first kappa shape index (κ1) is 16.1. The molecule has 1 aromatic carbocycles. The van der Waals surface area contributed by atoms with Gasteiger partial charge in [0.2, 0.25) is 0 Å². The highest BCUT2D eigenvalue weighted by atomic mass is 32.1. The number of thiazole rings is 1. The van der Waals surface area contributed by atoms with Gasteiger partial charge >= 0.3 is 0 Å². The summed E-state index contributed by atoms with van der Waals surface area (Å²) in [6.45, 7) is 5.06. The fourth-order valence-corrected chi connectivity index (χ4v) is 3.13. The van der Waals surface area contributed by atoms with Crippen LogP contribution in [0.15, 0.2) is 29.6 Å². The third-order valence-electron chi connectivity index (χ3n) is 3.50. The van der Waals surface area contributed by atoms with Crippen LogP contribution in [-0.2, 0) is 13.0 Å². The minimum atomic E-state index is 0.659. The molecule has 0 aliphatic rings. The predicted octanol–water partition coefficient (Wildman–Crippen LogP) is 3.54. The van der Waals surface area contributed by atoms with Crippen molar-refractivity contribution in [2.75, 3.05) is 20.1 Å². The van der Waals surface area contributed by atoms with Gasteiger partial charge in [-0.05, 0) is 32.1 Å². The molecule has 1 heterocycles. The summed E-state index contributed by atoms with van der Waals surface area (Å²) >= 11 is 1.70. The number of nitrogens with zero attached hydrogens (tertiary/aromatic N) is 2. The van der Waals surface area contributed by atoms with E-state index in [1.165, 1.54) is 24.0 Å². The first-order valence-corrected chi connectivity index (χ1v) is 8.53. The average molecular weight is 303 g/mol. The highest BCUT2D eigenvalue weighted by Gasteiger charge is 2.05. The second-order valence-electron chi connectivity index (χ2n) is 5.47. The van der Waals surface area contributed by atoms with E-state index in [9.17, 15) is 0 Å². The van der Waals surface area contributed by atoms with Gasteiger partial charge < -0.3 is 10.6 Å².